The van der Waals surface area contributed by atoms with Crippen LogP contribution in [0, 0.1) is 5.92 Å². The molecule has 0 radical (unpaired) electrons. The largest absolute Gasteiger partial charge is 0.353 e. The van der Waals surface area contributed by atoms with Crippen molar-refractivity contribution in [2.45, 2.75) is 51.4 Å². The third kappa shape index (κ3) is 4.37. The minimum absolute atomic E-state index is 0.0362. The molecule has 1 heterocycles. The summed E-state index contributed by atoms with van der Waals surface area (Å²) in [6, 6.07) is 0. The molecule has 0 aromatic heterocycles. The second-order valence-corrected chi connectivity index (χ2v) is 4.49. The van der Waals surface area contributed by atoms with Gasteiger partial charge in [-0.05, 0) is 38.8 Å². The number of hydrogen-bond donors (Lipinski definition) is 2. The first-order chi connectivity index (χ1) is 7.81. The molecule has 2 unspecified atom stereocenters. The third-order valence-electron chi connectivity index (χ3n) is 3.17. The van der Waals surface area contributed by atoms with Crippen LogP contribution in [0.15, 0.2) is 0 Å². The lowest BCUT2D eigenvalue weighted by molar-refractivity contribution is -0.198. The summed E-state index contributed by atoms with van der Waals surface area (Å²) in [5.41, 5.74) is 11.4. The first kappa shape index (κ1) is 13.9. The molecule has 4 N–H and O–H groups in total. The van der Waals surface area contributed by atoms with Crippen LogP contribution >= 0.6 is 0 Å². The van der Waals surface area contributed by atoms with Crippen molar-refractivity contribution < 1.29 is 9.47 Å². The summed E-state index contributed by atoms with van der Waals surface area (Å²) in [5.74, 6) is 0.255. The van der Waals surface area contributed by atoms with Gasteiger partial charge in [0, 0.05) is 12.5 Å². The van der Waals surface area contributed by atoms with Crippen LogP contribution in [0.1, 0.15) is 39.0 Å². The highest BCUT2D eigenvalue weighted by Crippen LogP contribution is 2.20. The molecule has 1 fully saturated rings. The van der Waals surface area contributed by atoms with E-state index in [0.29, 0.717) is 13.1 Å². The molecule has 1 saturated heterocycles. The van der Waals surface area contributed by atoms with Gasteiger partial charge < -0.3 is 20.9 Å². The Morgan fingerprint density at radius 2 is 2.06 bits per heavy atom. The highest BCUT2D eigenvalue weighted by Gasteiger charge is 2.24. The fourth-order valence-corrected chi connectivity index (χ4v) is 2.11. The van der Waals surface area contributed by atoms with Gasteiger partial charge in [0.1, 0.15) is 0 Å². The van der Waals surface area contributed by atoms with E-state index < -0.39 is 0 Å². The molecule has 4 nitrogen and oxygen atoms in total. The lowest BCUT2D eigenvalue weighted by Crippen LogP contribution is -2.39. The average molecular weight is 230 g/mol. The maximum Gasteiger partial charge on any atom is 0.157 e. The molecule has 0 aromatic rings. The Labute approximate surface area is 98.7 Å². The van der Waals surface area contributed by atoms with Gasteiger partial charge in [0.2, 0.25) is 0 Å². The zero-order chi connectivity index (χ0) is 11.8. The quantitative estimate of drug-likeness (QED) is 0.690. The zero-order valence-electron chi connectivity index (χ0n) is 10.4. The molecular weight excluding hydrogens is 204 g/mol. The first-order valence-electron chi connectivity index (χ1n) is 6.49. The summed E-state index contributed by atoms with van der Waals surface area (Å²) in [6.07, 6.45) is 5.57. The molecule has 96 valence electrons. The van der Waals surface area contributed by atoms with Gasteiger partial charge in [0.05, 0.1) is 6.10 Å². The normalized spacial score (nSPS) is 23.6. The smallest absolute Gasteiger partial charge is 0.157 e. The molecule has 0 aromatic carbocycles. The van der Waals surface area contributed by atoms with Gasteiger partial charge in [-0.2, -0.15) is 0 Å². The number of ether oxygens (including phenoxy) is 2. The molecule has 2 atom stereocenters. The summed E-state index contributed by atoms with van der Waals surface area (Å²) in [4.78, 5) is 0. The second kappa shape index (κ2) is 8.01. The molecule has 1 aliphatic rings. The zero-order valence-corrected chi connectivity index (χ0v) is 10.4. The topological polar surface area (TPSA) is 70.5 Å². The monoisotopic (exact) mass is 230 g/mol. The summed E-state index contributed by atoms with van der Waals surface area (Å²) >= 11 is 0. The van der Waals surface area contributed by atoms with Crippen molar-refractivity contribution in [2.24, 2.45) is 17.4 Å². The summed E-state index contributed by atoms with van der Waals surface area (Å²) in [5, 5.41) is 0. The Morgan fingerprint density at radius 1 is 1.31 bits per heavy atom. The average Bonchev–Trinajstić information content (AvgIpc) is 2.32. The summed E-state index contributed by atoms with van der Waals surface area (Å²) in [7, 11) is 0. The Kier molecular flexibility index (Phi) is 6.96. The lowest BCUT2D eigenvalue weighted by atomic mass is 9.98. The Hall–Kier alpha value is -0.160. The van der Waals surface area contributed by atoms with Crippen LogP contribution < -0.4 is 11.5 Å². The molecule has 0 spiro atoms. The third-order valence-corrected chi connectivity index (χ3v) is 3.17. The molecule has 0 saturated carbocycles. The van der Waals surface area contributed by atoms with Crippen molar-refractivity contribution in [3.8, 4) is 0 Å². The van der Waals surface area contributed by atoms with Crippen molar-refractivity contribution in [1.29, 1.82) is 0 Å². The van der Waals surface area contributed by atoms with Crippen molar-refractivity contribution in [2.75, 3.05) is 19.7 Å². The fourth-order valence-electron chi connectivity index (χ4n) is 2.11. The van der Waals surface area contributed by atoms with E-state index in [1.54, 1.807) is 0 Å². The van der Waals surface area contributed by atoms with E-state index in [1.807, 2.05) is 0 Å². The van der Waals surface area contributed by atoms with E-state index in [1.165, 1.54) is 6.42 Å². The van der Waals surface area contributed by atoms with E-state index in [4.69, 9.17) is 20.9 Å². The van der Waals surface area contributed by atoms with Crippen molar-refractivity contribution >= 4 is 0 Å². The van der Waals surface area contributed by atoms with Crippen LogP contribution in [-0.2, 0) is 9.47 Å². The van der Waals surface area contributed by atoms with E-state index >= 15 is 0 Å². The van der Waals surface area contributed by atoms with Crippen molar-refractivity contribution in [3.05, 3.63) is 0 Å². The van der Waals surface area contributed by atoms with E-state index in [9.17, 15) is 0 Å². The summed E-state index contributed by atoms with van der Waals surface area (Å²) in [6.45, 7) is 4.16. The van der Waals surface area contributed by atoms with E-state index in [-0.39, 0.29) is 18.3 Å². The van der Waals surface area contributed by atoms with Crippen molar-refractivity contribution in [1.82, 2.24) is 0 Å². The maximum atomic E-state index is 5.99. The van der Waals surface area contributed by atoms with Crippen LogP contribution in [0.25, 0.3) is 0 Å². The fraction of sp³-hybridized carbons (Fsp3) is 1.00. The number of hydrogen-bond acceptors (Lipinski definition) is 4. The number of rotatable bonds is 7. The Balaban J connectivity index is 2.41. The summed E-state index contributed by atoms with van der Waals surface area (Å²) < 4.78 is 11.6. The second-order valence-electron chi connectivity index (χ2n) is 4.49. The molecule has 0 bridgehead atoms. The predicted octanol–water partition coefficient (Wildman–Crippen LogP) is 1.23. The van der Waals surface area contributed by atoms with E-state index in [2.05, 4.69) is 6.92 Å². The minimum Gasteiger partial charge on any atom is -0.353 e. The van der Waals surface area contributed by atoms with E-state index in [0.717, 1.165) is 32.3 Å². The molecule has 16 heavy (non-hydrogen) atoms. The van der Waals surface area contributed by atoms with Crippen LogP contribution in [0.3, 0.4) is 0 Å². The molecule has 1 aliphatic heterocycles. The first-order valence-corrected chi connectivity index (χ1v) is 6.49. The minimum atomic E-state index is -0.0362. The molecule has 0 amide bonds. The molecule has 1 rings (SSSR count). The van der Waals surface area contributed by atoms with Gasteiger partial charge in [-0.25, -0.2) is 0 Å². The van der Waals surface area contributed by atoms with Crippen LogP contribution in [0.4, 0.5) is 0 Å². The highest BCUT2D eigenvalue weighted by atomic mass is 16.7. The van der Waals surface area contributed by atoms with Gasteiger partial charge in [-0.15, -0.1) is 0 Å². The number of nitrogens with two attached hydrogens (primary N) is 2. The van der Waals surface area contributed by atoms with Crippen LogP contribution in [0.5, 0.6) is 0 Å². The van der Waals surface area contributed by atoms with Gasteiger partial charge in [-0.1, -0.05) is 13.3 Å². The Bertz CT molecular complexity index is 168. The van der Waals surface area contributed by atoms with Gasteiger partial charge >= 0.3 is 0 Å². The molecular formula is C12H26N2O2. The van der Waals surface area contributed by atoms with Crippen LogP contribution in [-0.4, -0.2) is 32.1 Å². The Morgan fingerprint density at radius 3 is 2.56 bits per heavy atom. The predicted molar refractivity (Wildman–Crippen MR) is 65.0 cm³/mol. The van der Waals surface area contributed by atoms with Gasteiger partial charge in [0.15, 0.2) is 6.29 Å². The SMILES string of the molecule is CCCC(OC1CCCCO1)C(CN)CN. The highest BCUT2D eigenvalue weighted by molar-refractivity contribution is 4.73. The molecule has 0 aliphatic carbocycles. The lowest BCUT2D eigenvalue weighted by Gasteiger charge is -2.31. The maximum absolute atomic E-state index is 5.99. The van der Waals surface area contributed by atoms with Gasteiger partial charge in [-0.3, -0.25) is 0 Å². The standard InChI is InChI=1S/C12H26N2O2/c1-2-5-11(10(8-13)9-14)16-12-6-3-4-7-15-12/h10-12H,2-9,13-14H2,1H3. The van der Waals surface area contributed by atoms with Crippen molar-refractivity contribution in [3.63, 3.8) is 0 Å². The van der Waals surface area contributed by atoms with Gasteiger partial charge in [0.25, 0.3) is 0 Å². The molecule has 4 heteroatoms. The van der Waals surface area contributed by atoms with Crippen LogP contribution in [0.2, 0.25) is 0 Å².